The van der Waals surface area contributed by atoms with Gasteiger partial charge in [-0.3, -0.25) is 4.79 Å². The summed E-state index contributed by atoms with van der Waals surface area (Å²) in [6.07, 6.45) is 3.26. The van der Waals surface area contributed by atoms with E-state index in [1.165, 1.54) is 0 Å². The third-order valence-corrected chi connectivity index (χ3v) is 3.19. The fourth-order valence-corrected chi connectivity index (χ4v) is 1.99. The average molecular weight is 284 g/mol. The van der Waals surface area contributed by atoms with Crippen molar-refractivity contribution < 1.29 is 9.53 Å². The second kappa shape index (κ2) is 7.43. The number of rotatable bonds is 7. The number of nitrogens with zero attached hydrogens (tertiary/aromatic N) is 1. The largest absolute Gasteiger partial charge is 0.481 e. The molecule has 0 atom stereocenters. The number of pyridine rings is 1. The van der Waals surface area contributed by atoms with Crippen LogP contribution in [-0.4, -0.2) is 17.9 Å². The first kappa shape index (κ1) is 15.0. The Kier molecular flexibility index (Phi) is 5.32. The normalized spacial score (nSPS) is 10.2. The van der Waals surface area contributed by atoms with Gasteiger partial charge in [-0.15, -0.1) is 0 Å². The van der Waals surface area contributed by atoms with E-state index in [2.05, 4.69) is 10.3 Å². The zero-order valence-corrected chi connectivity index (χ0v) is 12.4. The number of methoxy groups -OCH3 is 1. The summed E-state index contributed by atoms with van der Waals surface area (Å²) in [5.41, 5.74) is 2.83. The van der Waals surface area contributed by atoms with Crippen LogP contribution in [0.4, 0.5) is 5.69 Å². The second-order valence-corrected chi connectivity index (χ2v) is 4.81. The van der Waals surface area contributed by atoms with Crippen LogP contribution in [0.5, 0.6) is 5.88 Å². The highest BCUT2D eigenvalue weighted by atomic mass is 16.5. The Morgan fingerprint density at radius 1 is 1.19 bits per heavy atom. The van der Waals surface area contributed by atoms with Gasteiger partial charge in [0.15, 0.2) is 5.78 Å². The lowest BCUT2D eigenvalue weighted by molar-refractivity contribution is 0.0982. The van der Waals surface area contributed by atoms with E-state index in [9.17, 15) is 4.79 Å². The predicted molar refractivity (Wildman–Crippen MR) is 83.8 cm³/mol. The summed E-state index contributed by atoms with van der Waals surface area (Å²) in [4.78, 5) is 15.9. The van der Waals surface area contributed by atoms with Gasteiger partial charge in [0, 0.05) is 36.5 Å². The van der Waals surface area contributed by atoms with E-state index in [0.717, 1.165) is 23.2 Å². The Balaban J connectivity index is 1.92. The summed E-state index contributed by atoms with van der Waals surface area (Å²) in [6.45, 7) is 2.69. The van der Waals surface area contributed by atoms with Crippen LogP contribution in [0.1, 0.15) is 35.7 Å². The van der Waals surface area contributed by atoms with Crippen molar-refractivity contribution >= 4 is 11.5 Å². The smallest absolute Gasteiger partial charge is 0.212 e. The molecule has 21 heavy (non-hydrogen) atoms. The number of nitrogens with one attached hydrogen (secondary N) is 1. The van der Waals surface area contributed by atoms with Crippen molar-refractivity contribution in [3.63, 3.8) is 0 Å². The average Bonchev–Trinajstić information content (AvgIpc) is 2.54. The van der Waals surface area contributed by atoms with E-state index in [4.69, 9.17) is 4.74 Å². The first-order chi connectivity index (χ1) is 10.2. The first-order valence-corrected chi connectivity index (χ1v) is 7.09. The molecule has 2 rings (SSSR count). The molecular weight excluding hydrogens is 264 g/mol. The fourth-order valence-electron chi connectivity index (χ4n) is 1.99. The van der Waals surface area contributed by atoms with Gasteiger partial charge < -0.3 is 10.1 Å². The van der Waals surface area contributed by atoms with Gasteiger partial charge in [-0.25, -0.2) is 4.98 Å². The molecule has 0 aliphatic heterocycles. The molecule has 0 amide bonds. The molecule has 0 saturated carbocycles. The number of ketones is 1. The molecule has 0 spiro atoms. The summed E-state index contributed by atoms with van der Waals surface area (Å²) in [6, 6.07) is 11.4. The summed E-state index contributed by atoms with van der Waals surface area (Å²) >= 11 is 0. The van der Waals surface area contributed by atoms with Crippen LogP contribution in [0, 0.1) is 0 Å². The first-order valence-electron chi connectivity index (χ1n) is 7.09. The maximum absolute atomic E-state index is 11.8. The van der Waals surface area contributed by atoms with Crippen molar-refractivity contribution in [3.05, 3.63) is 53.7 Å². The molecule has 1 aromatic heterocycles. The third-order valence-electron chi connectivity index (χ3n) is 3.19. The zero-order valence-electron chi connectivity index (χ0n) is 12.4. The minimum absolute atomic E-state index is 0.198. The van der Waals surface area contributed by atoms with E-state index < -0.39 is 0 Å². The summed E-state index contributed by atoms with van der Waals surface area (Å²) in [5.74, 6) is 0.806. The SMILES string of the molecule is CCCC(=O)c1ccc(NCc2ccc(OC)nc2)cc1. The van der Waals surface area contributed by atoms with Gasteiger partial charge in [0.1, 0.15) is 0 Å². The second-order valence-electron chi connectivity index (χ2n) is 4.81. The van der Waals surface area contributed by atoms with Crippen molar-refractivity contribution in [2.45, 2.75) is 26.3 Å². The summed E-state index contributed by atoms with van der Waals surface area (Å²) in [7, 11) is 1.60. The number of hydrogen-bond acceptors (Lipinski definition) is 4. The molecule has 4 nitrogen and oxygen atoms in total. The number of Topliss-reactive ketones (excluding diaryl/α,β-unsaturated/α-hetero) is 1. The molecule has 1 heterocycles. The van der Waals surface area contributed by atoms with Crippen LogP contribution in [0.3, 0.4) is 0 Å². The molecule has 110 valence electrons. The minimum Gasteiger partial charge on any atom is -0.481 e. The van der Waals surface area contributed by atoms with Crippen LogP contribution in [0.2, 0.25) is 0 Å². The molecule has 4 heteroatoms. The molecule has 0 aliphatic carbocycles. The predicted octanol–water partition coefficient (Wildman–Crippen LogP) is 3.69. The van der Waals surface area contributed by atoms with Crippen LogP contribution in [0.25, 0.3) is 0 Å². The number of benzene rings is 1. The van der Waals surface area contributed by atoms with Crippen molar-refractivity contribution in [1.82, 2.24) is 4.98 Å². The Labute approximate surface area is 125 Å². The molecule has 0 saturated heterocycles. The Morgan fingerprint density at radius 2 is 1.95 bits per heavy atom. The van der Waals surface area contributed by atoms with Gasteiger partial charge in [0.2, 0.25) is 5.88 Å². The van der Waals surface area contributed by atoms with Crippen LogP contribution < -0.4 is 10.1 Å². The fraction of sp³-hybridized carbons (Fsp3) is 0.294. The van der Waals surface area contributed by atoms with Crippen molar-refractivity contribution in [2.24, 2.45) is 0 Å². The van der Waals surface area contributed by atoms with Crippen molar-refractivity contribution in [3.8, 4) is 5.88 Å². The van der Waals surface area contributed by atoms with Gasteiger partial charge >= 0.3 is 0 Å². The van der Waals surface area contributed by atoms with Crippen molar-refractivity contribution in [1.29, 1.82) is 0 Å². The minimum atomic E-state index is 0.198. The summed E-state index contributed by atoms with van der Waals surface area (Å²) < 4.78 is 5.02. The number of aromatic nitrogens is 1. The lowest BCUT2D eigenvalue weighted by Gasteiger charge is -2.07. The quantitative estimate of drug-likeness (QED) is 0.788. The van der Waals surface area contributed by atoms with E-state index in [1.807, 2.05) is 43.3 Å². The molecule has 1 aromatic carbocycles. The molecule has 0 radical (unpaired) electrons. The van der Waals surface area contributed by atoms with E-state index >= 15 is 0 Å². The van der Waals surface area contributed by atoms with Gasteiger partial charge in [0.25, 0.3) is 0 Å². The maximum atomic E-state index is 11.8. The Morgan fingerprint density at radius 3 is 2.52 bits per heavy atom. The van der Waals surface area contributed by atoms with Gasteiger partial charge in [-0.05, 0) is 36.2 Å². The lowest BCUT2D eigenvalue weighted by Crippen LogP contribution is -2.02. The molecule has 0 unspecified atom stereocenters. The number of hydrogen-bond donors (Lipinski definition) is 1. The summed E-state index contributed by atoms with van der Waals surface area (Å²) in [5, 5.41) is 3.30. The number of anilines is 1. The highest BCUT2D eigenvalue weighted by Gasteiger charge is 2.04. The van der Waals surface area contributed by atoms with E-state index in [-0.39, 0.29) is 5.78 Å². The molecule has 0 bridgehead atoms. The van der Waals surface area contributed by atoms with E-state index in [0.29, 0.717) is 18.8 Å². The standard InChI is InChI=1S/C17H20N2O2/c1-3-4-16(20)14-6-8-15(9-7-14)18-11-13-5-10-17(21-2)19-12-13/h5-10,12,18H,3-4,11H2,1-2H3. The molecular formula is C17H20N2O2. The molecule has 0 aliphatic rings. The number of carbonyl (C=O) groups excluding carboxylic acids is 1. The van der Waals surface area contributed by atoms with Crippen LogP contribution in [0.15, 0.2) is 42.6 Å². The Hall–Kier alpha value is -2.36. The van der Waals surface area contributed by atoms with Crippen LogP contribution >= 0.6 is 0 Å². The molecule has 2 aromatic rings. The number of ether oxygens (including phenoxy) is 1. The molecule has 0 fully saturated rings. The molecule has 1 N–H and O–H groups in total. The van der Waals surface area contributed by atoms with Crippen LogP contribution in [-0.2, 0) is 6.54 Å². The monoisotopic (exact) mass is 284 g/mol. The van der Waals surface area contributed by atoms with Gasteiger partial charge in [-0.1, -0.05) is 13.0 Å². The highest BCUT2D eigenvalue weighted by molar-refractivity contribution is 5.96. The van der Waals surface area contributed by atoms with E-state index in [1.54, 1.807) is 13.3 Å². The van der Waals surface area contributed by atoms with Crippen molar-refractivity contribution in [2.75, 3.05) is 12.4 Å². The third kappa shape index (κ3) is 4.31. The highest BCUT2D eigenvalue weighted by Crippen LogP contribution is 2.14. The lowest BCUT2D eigenvalue weighted by atomic mass is 10.1. The number of carbonyl (C=O) groups is 1. The Bertz CT molecular complexity index is 577. The van der Waals surface area contributed by atoms with Gasteiger partial charge in [-0.2, -0.15) is 0 Å². The topological polar surface area (TPSA) is 51.2 Å². The van der Waals surface area contributed by atoms with Gasteiger partial charge in [0.05, 0.1) is 7.11 Å². The maximum Gasteiger partial charge on any atom is 0.212 e. The zero-order chi connectivity index (χ0) is 15.1.